The molecule has 0 atom stereocenters. The number of hydrogen-bond acceptors (Lipinski definition) is 6. The average Bonchev–Trinajstić information content (AvgIpc) is 3.35. The van der Waals surface area contributed by atoms with Crippen molar-refractivity contribution in [3.8, 4) is 17.2 Å². The molecule has 0 N–H and O–H groups in total. The summed E-state index contributed by atoms with van der Waals surface area (Å²) in [6, 6.07) is 20.1. The van der Waals surface area contributed by atoms with Gasteiger partial charge in [0.05, 0.1) is 9.82 Å². The Morgan fingerprint density at radius 2 is 1.56 bits per heavy atom. The first-order valence-electron chi connectivity index (χ1n) is 10.2. The van der Waals surface area contributed by atoms with Gasteiger partial charge in [-0.2, -0.15) is 4.31 Å². The van der Waals surface area contributed by atoms with Crippen molar-refractivity contribution in [3.05, 3.63) is 88.5 Å². The molecule has 0 bridgehead atoms. The lowest BCUT2D eigenvalue weighted by Crippen LogP contribution is -2.27. The fraction of sp³-hybridized carbons (Fsp3) is 0.217. The van der Waals surface area contributed by atoms with Gasteiger partial charge >= 0.3 is 5.69 Å². The molecule has 9 heteroatoms. The van der Waals surface area contributed by atoms with Crippen molar-refractivity contribution in [3.63, 3.8) is 0 Å². The molecule has 32 heavy (non-hydrogen) atoms. The number of nitro groups is 1. The minimum Gasteiger partial charge on any atom is -0.489 e. The minimum absolute atomic E-state index is 0.0340. The molecule has 3 aromatic rings. The number of rotatable bonds is 8. The van der Waals surface area contributed by atoms with Gasteiger partial charge < -0.3 is 9.47 Å². The third kappa shape index (κ3) is 4.90. The largest absolute Gasteiger partial charge is 0.489 e. The highest BCUT2D eigenvalue weighted by Crippen LogP contribution is 2.35. The highest BCUT2D eigenvalue weighted by molar-refractivity contribution is 7.89. The maximum atomic E-state index is 12.7. The second-order valence-electron chi connectivity index (χ2n) is 7.35. The van der Waals surface area contributed by atoms with E-state index in [2.05, 4.69) is 0 Å². The molecule has 0 radical (unpaired) electrons. The Balaban J connectivity index is 1.49. The third-order valence-electron chi connectivity index (χ3n) is 5.13. The molecule has 0 saturated carbocycles. The van der Waals surface area contributed by atoms with Crippen molar-refractivity contribution in [2.75, 3.05) is 13.1 Å². The summed E-state index contributed by atoms with van der Waals surface area (Å²) >= 11 is 0. The van der Waals surface area contributed by atoms with Gasteiger partial charge in [-0.05, 0) is 54.8 Å². The van der Waals surface area contributed by atoms with E-state index in [4.69, 9.17) is 9.47 Å². The molecule has 1 aliphatic rings. The Morgan fingerprint density at radius 3 is 2.22 bits per heavy atom. The summed E-state index contributed by atoms with van der Waals surface area (Å²) in [6.07, 6.45) is 1.57. The van der Waals surface area contributed by atoms with Crippen molar-refractivity contribution in [2.24, 2.45) is 0 Å². The molecule has 1 heterocycles. The molecule has 0 spiro atoms. The van der Waals surface area contributed by atoms with Crippen molar-refractivity contribution in [1.29, 1.82) is 0 Å². The molecular weight excluding hydrogens is 432 g/mol. The summed E-state index contributed by atoms with van der Waals surface area (Å²) in [6.45, 7) is 1.26. The van der Waals surface area contributed by atoms with E-state index < -0.39 is 20.6 Å². The second-order valence-corrected chi connectivity index (χ2v) is 9.28. The van der Waals surface area contributed by atoms with E-state index in [1.165, 1.54) is 16.4 Å². The highest BCUT2D eigenvalue weighted by Gasteiger charge is 2.30. The number of nitro benzene ring substituents is 1. The molecule has 1 aliphatic heterocycles. The monoisotopic (exact) mass is 454 g/mol. The SMILES string of the molecule is O=[N+]([O-])c1cc(S(=O)(=O)N2CCCC2)ccc1Oc1ccc(OCc2ccccc2)cc1. The fourth-order valence-electron chi connectivity index (χ4n) is 3.44. The first-order valence-corrected chi connectivity index (χ1v) is 11.6. The molecule has 1 saturated heterocycles. The fourth-order valence-corrected chi connectivity index (χ4v) is 4.97. The van der Waals surface area contributed by atoms with Gasteiger partial charge in [-0.25, -0.2) is 8.42 Å². The van der Waals surface area contributed by atoms with E-state index in [1.54, 1.807) is 24.3 Å². The number of benzene rings is 3. The van der Waals surface area contributed by atoms with E-state index in [-0.39, 0.29) is 10.6 Å². The van der Waals surface area contributed by atoms with Crippen LogP contribution in [0.5, 0.6) is 17.2 Å². The van der Waals surface area contributed by atoms with Crippen LogP contribution in [0, 0.1) is 10.1 Å². The lowest BCUT2D eigenvalue weighted by molar-refractivity contribution is -0.385. The summed E-state index contributed by atoms with van der Waals surface area (Å²) in [5, 5.41) is 11.6. The zero-order chi connectivity index (χ0) is 22.6. The summed E-state index contributed by atoms with van der Waals surface area (Å²) < 4.78 is 38.2. The van der Waals surface area contributed by atoms with Crippen LogP contribution in [-0.4, -0.2) is 30.7 Å². The van der Waals surface area contributed by atoms with Crippen molar-refractivity contribution < 1.29 is 22.8 Å². The van der Waals surface area contributed by atoms with Crippen LogP contribution in [0.2, 0.25) is 0 Å². The Kier molecular flexibility index (Phi) is 6.38. The van der Waals surface area contributed by atoms with E-state index in [9.17, 15) is 18.5 Å². The average molecular weight is 455 g/mol. The minimum atomic E-state index is -3.76. The normalized spacial score (nSPS) is 14.2. The van der Waals surface area contributed by atoms with Crippen molar-refractivity contribution >= 4 is 15.7 Å². The smallest absolute Gasteiger partial charge is 0.312 e. The summed E-state index contributed by atoms with van der Waals surface area (Å²) in [4.78, 5) is 10.8. The van der Waals surface area contributed by atoms with Crippen LogP contribution in [0.3, 0.4) is 0 Å². The topological polar surface area (TPSA) is 99.0 Å². The third-order valence-corrected chi connectivity index (χ3v) is 7.02. The van der Waals surface area contributed by atoms with E-state index >= 15 is 0 Å². The maximum Gasteiger partial charge on any atom is 0.312 e. The number of sulfonamides is 1. The zero-order valence-electron chi connectivity index (χ0n) is 17.2. The van der Waals surface area contributed by atoms with Crippen LogP contribution in [0.4, 0.5) is 5.69 Å². The van der Waals surface area contributed by atoms with Crippen molar-refractivity contribution in [1.82, 2.24) is 4.31 Å². The van der Waals surface area contributed by atoms with E-state index in [0.29, 0.717) is 31.2 Å². The summed E-state index contributed by atoms with van der Waals surface area (Å²) in [7, 11) is -3.76. The van der Waals surface area contributed by atoms with Gasteiger partial charge in [0.2, 0.25) is 15.8 Å². The molecule has 3 aromatic carbocycles. The first-order chi connectivity index (χ1) is 15.4. The quantitative estimate of drug-likeness (QED) is 0.360. The molecule has 4 rings (SSSR count). The molecular formula is C23H22N2O6S. The van der Waals surface area contributed by atoms with Gasteiger partial charge in [0.25, 0.3) is 0 Å². The Hall–Kier alpha value is -3.43. The van der Waals surface area contributed by atoms with E-state index in [0.717, 1.165) is 24.5 Å². The molecule has 0 amide bonds. The van der Waals surface area contributed by atoms with E-state index in [1.807, 2.05) is 30.3 Å². The predicted molar refractivity (Wildman–Crippen MR) is 118 cm³/mol. The first kappa shape index (κ1) is 21.8. The Bertz CT molecular complexity index is 1190. The van der Waals surface area contributed by atoms with Gasteiger partial charge in [0.15, 0.2) is 0 Å². The lowest BCUT2D eigenvalue weighted by Gasteiger charge is -2.16. The van der Waals surface area contributed by atoms with Gasteiger partial charge in [-0.3, -0.25) is 10.1 Å². The standard InChI is InChI=1S/C23H22N2O6S/c26-25(27)22-16-21(32(28,29)24-14-4-5-15-24)12-13-23(22)31-20-10-8-19(9-11-20)30-17-18-6-2-1-3-7-18/h1-3,6-13,16H,4-5,14-15,17H2. The van der Waals surface area contributed by atoms with Gasteiger partial charge in [-0.15, -0.1) is 0 Å². The molecule has 166 valence electrons. The number of ether oxygens (including phenoxy) is 2. The lowest BCUT2D eigenvalue weighted by atomic mass is 10.2. The number of hydrogen-bond donors (Lipinski definition) is 0. The predicted octanol–water partition coefficient (Wildman–Crippen LogP) is 4.75. The molecule has 0 aliphatic carbocycles. The van der Waals surface area contributed by atoms with Crippen LogP contribution in [0.1, 0.15) is 18.4 Å². The molecule has 8 nitrogen and oxygen atoms in total. The van der Waals surface area contributed by atoms with Crippen LogP contribution in [0.15, 0.2) is 77.7 Å². The molecule has 0 unspecified atom stereocenters. The Morgan fingerprint density at radius 1 is 0.906 bits per heavy atom. The summed E-state index contributed by atoms with van der Waals surface area (Å²) in [5.74, 6) is 0.964. The van der Waals surface area contributed by atoms with Gasteiger partial charge in [0.1, 0.15) is 18.1 Å². The summed E-state index contributed by atoms with van der Waals surface area (Å²) in [5.41, 5.74) is 0.627. The Labute approximate surface area is 186 Å². The molecule has 0 aromatic heterocycles. The van der Waals surface area contributed by atoms with Gasteiger partial charge in [0, 0.05) is 19.2 Å². The maximum absolute atomic E-state index is 12.7. The zero-order valence-corrected chi connectivity index (χ0v) is 18.0. The molecule has 1 fully saturated rings. The number of nitrogens with zero attached hydrogens (tertiary/aromatic N) is 2. The van der Waals surface area contributed by atoms with Gasteiger partial charge in [-0.1, -0.05) is 30.3 Å². The highest BCUT2D eigenvalue weighted by atomic mass is 32.2. The van der Waals surface area contributed by atoms with Crippen molar-refractivity contribution in [2.45, 2.75) is 24.3 Å². The van der Waals surface area contributed by atoms with Crippen LogP contribution < -0.4 is 9.47 Å². The van der Waals surface area contributed by atoms with Crippen LogP contribution in [0.25, 0.3) is 0 Å². The second kappa shape index (κ2) is 9.37. The van der Waals surface area contributed by atoms with Crippen LogP contribution in [-0.2, 0) is 16.6 Å². The van der Waals surface area contributed by atoms with Crippen LogP contribution >= 0.6 is 0 Å².